The van der Waals surface area contributed by atoms with Crippen LogP contribution in [0.5, 0.6) is 17.4 Å². The molecular weight excluding hydrogens is 260 g/mol. The summed E-state index contributed by atoms with van der Waals surface area (Å²) in [6.07, 6.45) is 0. The summed E-state index contributed by atoms with van der Waals surface area (Å²) in [5, 5.41) is 15.3. The van der Waals surface area contributed by atoms with Gasteiger partial charge in [0, 0.05) is 19.1 Å². The molecule has 1 heterocycles. The van der Waals surface area contributed by atoms with Crippen LogP contribution in [0, 0.1) is 6.92 Å². The largest absolute Gasteiger partial charge is 0.539 e. The fraction of sp³-hybridized carbons (Fsp3) is 0.273. The number of aromatic nitrogens is 2. The van der Waals surface area contributed by atoms with E-state index >= 15 is 0 Å². The fourth-order valence-corrected chi connectivity index (χ4v) is 1.76. The van der Waals surface area contributed by atoms with Gasteiger partial charge in [0.1, 0.15) is 5.75 Å². The van der Waals surface area contributed by atoms with Crippen molar-refractivity contribution in [3.05, 3.63) is 22.8 Å². The molecule has 0 N–H and O–H groups in total. The monoisotopic (exact) mass is 270 g/mol. The Labute approximate surface area is 108 Å². The Morgan fingerprint density at radius 3 is 2.44 bits per heavy atom. The highest BCUT2D eigenvalue weighted by atomic mass is 35.5. The van der Waals surface area contributed by atoms with Gasteiger partial charge in [-0.2, -0.15) is 0 Å². The zero-order chi connectivity index (χ0) is 13.3. The fourth-order valence-electron chi connectivity index (χ4n) is 1.53. The van der Waals surface area contributed by atoms with Gasteiger partial charge in [0.25, 0.3) is 5.69 Å². The van der Waals surface area contributed by atoms with E-state index in [0.29, 0.717) is 27.9 Å². The van der Waals surface area contributed by atoms with Crippen LogP contribution in [0.3, 0.4) is 0 Å². The molecule has 1 aromatic carbocycles. The average Bonchev–Trinajstić information content (AvgIpc) is 2.70. The smallest absolute Gasteiger partial charge is 0.282 e. The zero-order valence-electron chi connectivity index (χ0n) is 10.1. The van der Waals surface area contributed by atoms with Crippen molar-refractivity contribution in [1.82, 2.24) is 5.27 Å². The van der Waals surface area contributed by atoms with Crippen molar-refractivity contribution in [2.24, 2.45) is 0 Å². The lowest BCUT2D eigenvalue weighted by Crippen LogP contribution is -2.35. The number of hydrogen-bond donors (Lipinski definition) is 0. The molecule has 0 saturated heterocycles. The lowest BCUT2D eigenvalue weighted by atomic mass is 10.2. The van der Waals surface area contributed by atoms with Gasteiger partial charge in [0.2, 0.25) is 5.69 Å². The van der Waals surface area contributed by atoms with Gasteiger partial charge in [-0.05, 0) is 4.68 Å². The van der Waals surface area contributed by atoms with Crippen LogP contribution in [-0.4, -0.2) is 19.5 Å². The molecule has 0 aliphatic rings. The third-order valence-electron chi connectivity index (χ3n) is 2.50. The van der Waals surface area contributed by atoms with Crippen LogP contribution in [0.1, 0.15) is 5.69 Å². The van der Waals surface area contributed by atoms with E-state index in [9.17, 15) is 5.11 Å². The lowest BCUT2D eigenvalue weighted by molar-refractivity contribution is -0.676. The van der Waals surface area contributed by atoms with Gasteiger partial charge in [-0.25, -0.2) is 0 Å². The maximum atomic E-state index is 11.3. The first-order valence-corrected chi connectivity index (χ1v) is 5.43. The van der Waals surface area contributed by atoms with Crippen molar-refractivity contribution in [2.45, 2.75) is 6.92 Å². The first-order chi connectivity index (χ1) is 8.58. The van der Waals surface area contributed by atoms with Crippen LogP contribution in [-0.2, 0) is 0 Å². The van der Waals surface area contributed by atoms with Gasteiger partial charge in [0.05, 0.1) is 24.5 Å². The molecule has 1 aromatic heterocycles. The number of ether oxygens (including phenoxy) is 2. The molecule has 7 heteroatoms. The summed E-state index contributed by atoms with van der Waals surface area (Å²) >= 11 is 6.04. The Kier molecular flexibility index (Phi) is 3.29. The van der Waals surface area contributed by atoms with Crippen LogP contribution in [0.25, 0.3) is 5.69 Å². The maximum Gasteiger partial charge on any atom is 0.282 e. The third-order valence-corrected chi connectivity index (χ3v) is 2.80. The SMILES string of the molecule is COc1cc(OC)c(-[n+]2noc([O-])c2C)cc1Cl. The van der Waals surface area contributed by atoms with Crippen LogP contribution in [0.15, 0.2) is 16.7 Å². The molecule has 18 heavy (non-hydrogen) atoms. The maximum absolute atomic E-state index is 11.3. The molecule has 0 unspecified atom stereocenters. The van der Waals surface area contributed by atoms with E-state index in [1.54, 1.807) is 19.1 Å². The minimum Gasteiger partial charge on any atom is -0.539 e. The van der Waals surface area contributed by atoms with Crippen LogP contribution < -0.4 is 19.3 Å². The van der Waals surface area contributed by atoms with E-state index in [4.69, 9.17) is 21.1 Å². The molecule has 0 aliphatic carbocycles. The molecule has 0 saturated carbocycles. The van der Waals surface area contributed by atoms with Crippen molar-refractivity contribution < 1.29 is 23.8 Å². The number of halogens is 1. The second kappa shape index (κ2) is 4.73. The van der Waals surface area contributed by atoms with E-state index in [2.05, 4.69) is 9.79 Å². The Morgan fingerprint density at radius 2 is 1.94 bits per heavy atom. The van der Waals surface area contributed by atoms with E-state index in [0.717, 1.165) is 0 Å². The molecular formula is C11H11ClN2O4. The van der Waals surface area contributed by atoms with Crippen molar-refractivity contribution in [2.75, 3.05) is 14.2 Å². The molecule has 2 aromatic rings. The lowest BCUT2D eigenvalue weighted by Gasteiger charge is -2.06. The third kappa shape index (κ3) is 1.95. The first kappa shape index (κ1) is 12.5. The summed E-state index contributed by atoms with van der Waals surface area (Å²) in [4.78, 5) is 0. The normalized spacial score (nSPS) is 10.4. The quantitative estimate of drug-likeness (QED) is 0.778. The number of nitrogens with zero attached hydrogens (tertiary/aromatic N) is 2. The number of rotatable bonds is 3. The predicted octanol–water partition coefficient (Wildman–Crippen LogP) is 1.00. The zero-order valence-corrected chi connectivity index (χ0v) is 10.8. The topological polar surface area (TPSA) is 71.4 Å². The van der Waals surface area contributed by atoms with E-state index in [1.807, 2.05) is 0 Å². The van der Waals surface area contributed by atoms with Crippen molar-refractivity contribution in [3.8, 4) is 23.1 Å². The van der Waals surface area contributed by atoms with Crippen molar-refractivity contribution in [1.29, 1.82) is 0 Å². The van der Waals surface area contributed by atoms with E-state index in [1.165, 1.54) is 18.9 Å². The summed E-state index contributed by atoms with van der Waals surface area (Å²) in [6.45, 7) is 1.59. The molecule has 0 amide bonds. The van der Waals surface area contributed by atoms with Gasteiger partial charge < -0.3 is 19.1 Å². The summed E-state index contributed by atoms with van der Waals surface area (Å²) < 4.78 is 16.2. The van der Waals surface area contributed by atoms with E-state index in [-0.39, 0.29) is 0 Å². The number of benzene rings is 1. The first-order valence-electron chi connectivity index (χ1n) is 5.06. The highest BCUT2D eigenvalue weighted by Gasteiger charge is 2.23. The summed E-state index contributed by atoms with van der Waals surface area (Å²) in [7, 11) is 3.00. The molecule has 0 spiro atoms. The Hall–Kier alpha value is -1.95. The summed E-state index contributed by atoms with van der Waals surface area (Å²) in [5.74, 6) is 0.433. The molecule has 0 fully saturated rings. The highest BCUT2D eigenvalue weighted by Crippen LogP contribution is 2.32. The molecule has 0 radical (unpaired) electrons. The predicted molar refractivity (Wildman–Crippen MR) is 60.3 cm³/mol. The minimum atomic E-state index is -0.510. The molecule has 2 rings (SSSR count). The summed E-state index contributed by atoms with van der Waals surface area (Å²) in [6, 6.07) is 3.21. The van der Waals surface area contributed by atoms with Gasteiger partial charge in [-0.3, -0.25) is 0 Å². The van der Waals surface area contributed by atoms with E-state index < -0.39 is 5.95 Å². The minimum absolute atomic E-state index is 0.328. The highest BCUT2D eigenvalue weighted by molar-refractivity contribution is 6.32. The second-order valence-electron chi connectivity index (χ2n) is 3.52. The van der Waals surface area contributed by atoms with Gasteiger partial charge in [-0.15, -0.1) is 0 Å². The number of methoxy groups -OCH3 is 2. The average molecular weight is 271 g/mol. The van der Waals surface area contributed by atoms with Gasteiger partial charge >= 0.3 is 0 Å². The molecule has 0 atom stereocenters. The molecule has 0 aliphatic heterocycles. The van der Waals surface area contributed by atoms with Crippen molar-refractivity contribution >= 4 is 11.6 Å². The molecule has 96 valence electrons. The standard InChI is InChI=1S/C11H11ClN2O4/c1-6-11(15)18-13-14(6)8-4-7(12)9(16-2)5-10(8)17-3/h4-5H,1-3H3. The summed E-state index contributed by atoms with van der Waals surface area (Å²) in [5.41, 5.74) is 0.834. The van der Waals surface area contributed by atoms with Crippen LogP contribution in [0.4, 0.5) is 0 Å². The molecule has 0 bridgehead atoms. The Bertz CT molecular complexity index is 583. The van der Waals surface area contributed by atoms with Crippen LogP contribution >= 0.6 is 11.6 Å². The number of hydrogen-bond acceptors (Lipinski definition) is 5. The molecule has 6 nitrogen and oxygen atoms in total. The van der Waals surface area contributed by atoms with Crippen molar-refractivity contribution in [3.63, 3.8) is 0 Å². The Morgan fingerprint density at radius 1 is 1.28 bits per heavy atom. The van der Waals surface area contributed by atoms with Gasteiger partial charge in [0.15, 0.2) is 11.7 Å². The van der Waals surface area contributed by atoms with Gasteiger partial charge in [-0.1, -0.05) is 11.6 Å². The second-order valence-corrected chi connectivity index (χ2v) is 3.92. The van der Waals surface area contributed by atoms with Crippen LogP contribution in [0.2, 0.25) is 5.02 Å². The Balaban J connectivity index is 2.63.